The summed E-state index contributed by atoms with van der Waals surface area (Å²) in [6.07, 6.45) is 6.61. The van der Waals surface area contributed by atoms with E-state index in [9.17, 15) is 18.7 Å². The van der Waals surface area contributed by atoms with Gasteiger partial charge in [0.2, 0.25) is 11.8 Å². The zero-order valence-corrected chi connectivity index (χ0v) is 24.3. The number of pyridine rings is 1. The van der Waals surface area contributed by atoms with Crippen LogP contribution in [0.5, 0.6) is 17.6 Å². The summed E-state index contributed by atoms with van der Waals surface area (Å²) in [7, 11) is 0. The van der Waals surface area contributed by atoms with Crippen LogP contribution in [0.3, 0.4) is 0 Å². The minimum absolute atomic E-state index is 0.0195. The number of ether oxygens (including phenoxy) is 2. The number of nitrogens with two attached hydrogens (primary N) is 1. The molecule has 0 bridgehead atoms. The molecule has 0 spiro atoms. The Kier molecular flexibility index (Phi) is 6.85. The molecule has 0 aliphatic carbocycles. The number of aromatic nitrogens is 3. The summed E-state index contributed by atoms with van der Waals surface area (Å²) in [6.45, 7) is 2.69. The number of rotatable bonds is 6. The number of benzene rings is 2. The van der Waals surface area contributed by atoms with Crippen molar-refractivity contribution in [2.75, 3.05) is 37.7 Å². The number of aromatic hydroxyl groups is 1. The molecule has 3 atom stereocenters. The summed E-state index contributed by atoms with van der Waals surface area (Å²) in [5.41, 5.74) is 4.38. The lowest BCUT2D eigenvalue weighted by Gasteiger charge is -2.31. The van der Waals surface area contributed by atoms with Crippen molar-refractivity contribution in [3.05, 3.63) is 41.5 Å². The van der Waals surface area contributed by atoms with Gasteiger partial charge in [-0.3, -0.25) is 9.69 Å². The van der Waals surface area contributed by atoms with Crippen molar-refractivity contribution in [1.82, 2.24) is 19.9 Å². The van der Waals surface area contributed by atoms with Gasteiger partial charge >= 0.3 is 6.01 Å². The number of phenols is 1. The van der Waals surface area contributed by atoms with E-state index in [1.165, 1.54) is 24.3 Å². The first kappa shape index (κ1) is 28.9. The fourth-order valence-corrected chi connectivity index (χ4v) is 6.96. The number of primary amides is 1. The molecule has 232 valence electrons. The second-order valence-electron chi connectivity index (χ2n) is 11.9. The third kappa shape index (κ3) is 4.71. The molecular weight excluding hydrogens is 589 g/mol. The number of fused-ring (bicyclic) bond motifs is 2. The zero-order valence-electron chi connectivity index (χ0n) is 24.3. The van der Waals surface area contributed by atoms with Gasteiger partial charge in [-0.2, -0.15) is 9.97 Å². The molecular formula is C32H29F3N6O4. The van der Waals surface area contributed by atoms with Crippen LogP contribution in [-0.4, -0.2) is 81.5 Å². The van der Waals surface area contributed by atoms with E-state index in [2.05, 4.69) is 25.8 Å². The van der Waals surface area contributed by atoms with Gasteiger partial charge in [-0.1, -0.05) is 12.0 Å². The quantitative estimate of drug-likeness (QED) is 0.310. The number of terminal acetylenes is 1. The van der Waals surface area contributed by atoms with E-state index in [1.807, 2.05) is 0 Å². The van der Waals surface area contributed by atoms with E-state index >= 15 is 4.39 Å². The number of alkyl halides is 1. The van der Waals surface area contributed by atoms with E-state index in [1.54, 1.807) is 11.8 Å². The summed E-state index contributed by atoms with van der Waals surface area (Å²) in [6, 6.07) is 4.56. The van der Waals surface area contributed by atoms with Gasteiger partial charge in [0.1, 0.15) is 53.4 Å². The van der Waals surface area contributed by atoms with Crippen LogP contribution in [0.2, 0.25) is 0 Å². The molecule has 2 aromatic heterocycles. The maximum atomic E-state index is 16.8. The van der Waals surface area contributed by atoms with Crippen molar-refractivity contribution < 1.29 is 32.5 Å². The van der Waals surface area contributed by atoms with E-state index < -0.39 is 35.3 Å². The average molecular weight is 619 g/mol. The molecule has 3 aliphatic heterocycles. The van der Waals surface area contributed by atoms with Crippen molar-refractivity contribution in [2.45, 2.75) is 43.9 Å². The monoisotopic (exact) mass is 618 g/mol. The van der Waals surface area contributed by atoms with Gasteiger partial charge in [-0.15, -0.1) is 6.42 Å². The minimum Gasteiger partial charge on any atom is -0.508 e. The summed E-state index contributed by atoms with van der Waals surface area (Å²) in [5, 5.41) is 11.2. The SMILES string of the molecule is C#Cc1c(F)ccc2cc(O)cc(-c3nc4c5c(nc(OC[C@@]67CCCN6C[C@H](F)C7)nc5c3F)N(CC(N)=O)[C@@H](C)CO4)c12. The van der Waals surface area contributed by atoms with Crippen LogP contribution in [0.15, 0.2) is 24.3 Å². The van der Waals surface area contributed by atoms with Gasteiger partial charge in [0.05, 0.1) is 23.7 Å². The summed E-state index contributed by atoms with van der Waals surface area (Å²) >= 11 is 0. The molecule has 3 N–H and O–H groups in total. The number of halogens is 3. The largest absolute Gasteiger partial charge is 0.508 e. The molecule has 3 aliphatic rings. The Bertz CT molecular complexity index is 1930. The van der Waals surface area contributed by atoms with Gasteiger partial charge < -0.3 is 25.2 Å². The number of carbonyl (C=O) groups is 1. The van der Waals surface area contributed by atoms with Crippen molar-refractivity contribution in [2.24, 2.45) is 5.73 Å². The van der Waals surface area contributed by atoms with E-state index in [-0.39, 0.29) is 76.3 Å². The van der Waals surface area contributed by atoms with Crippen molar-refractivity contribution in [3.63, 3.8) is 0 Å². The first-order valence-corrected chi connectivity index (χ1v) is 14.6. The topological polar surface area (TPSA) is 127 Å². The van der Waals surface area contributed by atoms with Gasteiger partial charge in [0, 0.05) is 23.9 Å². The fraction of sp³-hybridized carbons (Fsp3) is 0.375. The Hall–Kier alpha value is -4.83. The Morgan fingerprint density at radius 3 is 2.87 bits per heavy atom. The lowest BCUT2D eigenvalue weighted by atomic mass is 9.95. The van der Waals surface area contributed by atoms with E-state index in [4.69, 9.17) is 21.6 Å². The number of hydrogen-bond acceptors (Lipinski definition) is 9. The Morgan fingerprint density at radius 2 is 2.09 bits per heavy atom. The highest BCUT2D eigenvalue weighted by Crippen LogP contribution is 2.44. The predicted octanol–water partition coefficient (Wildman–Crippen LogP) is 3.84. The molecule has 2 saturated heterocycles. The van der Waals surface area contributed by atoms with Crippen LogP contribution in [0.4, 0.5) is 19.0 Å². The predicted molar refractivity (Wildman–Crippen MR) is 160 cm³/mol. The first-order chi connectivity index (χ1) is 21.6. The Labute approximate surface area is 256 Å². The molecule has 5 heterocycles. The van der Waals surface area contributed by atoms with Crippen LogP contribution in [0.25, 0.3) is 32.9 Å². The van der Waals surface area contributed by atoms with Gasteiger partial charge in [-0.25, -0.2) is 18.2 Å². The average Bonchev–Trinajstić information content (AvgIpc) is 3.49. The van der Waals surface area contributed by atoms with Gasteiger partial charge in [0.15, 0.2) is 5.82 Å². The molecule has 4 aromatic rings. The number of nitrogens with zero attached hydrogens (tertiary/aromatic N) is 5. The first-order valence-electron chi connectivity index (χ1n) is 14.6. The lowest BCUT2D eigenvalue weighted by Crippen LogP contribution is -2.44. The maximum Gasteiger partial charge on any atom is 0.319 e. The summed E-state index contributed by atoms with van der Waals surface area (Å²) in [4.78, 5) is 29.3. The highest BCUT2D eigenvalue weighted by molar-refractivity contribution is 6.04. The Balaban J connectivity index is 1.45. The second-order valence-corrected chi connectivity index (χ2v) is 11.9. The third-order valence-electron chi connectivity index (χ3n) is 8.99. The van der Waals surface area contributed by atoms with Crippen LogP contribution in [-0.2, 0) is 4.79 Å². The normalized spacial score (nSPS) is 22.7. The molecule has 45 heavy (non-hydrogen) atoms. The molecule has 7 rings (SSSR count). The number of hydrogen-bond donors (Lipinski definition) is 2. The number of anilines is 1. The second kappa shape index (κ2) is 10.7. The molecule has 2 aromatic carbocycles. The van der Waals surface area contributed by atoms with Crippen LogP contribution < -0.4 is 20.1 Å². The van der Waals surface area contributed by atoms with Crippen molar-refractivity contribution >= 4 is 33.4 Å². The van der Waals surface area contributed by atoms with Crippen molar-refractivity contribution in [1.29, 1.82) is 0 Å². The van der Waals surface area contributed by atoms with Crippen LogP contribution in [0.1, 0.15) is 31.7 Å². The maximum absolute atomic E-state index is 16.8. The minimum atomic E-state index is -0.983. The number of amides is 1. The smallest absolute Gasteiger partial charge is 0.319 e. The van der Waals surface area contributed by atoms with Crippen LogP contribution >= 0.6 is 0 Å². The molecule has 13 heteroatoms. The molecule has 1 amide bonds. The number of carbonyl (C=O) groups excluding carboxylic acids is 1. The third-order valence-corrected chi connectivity index (χ3v) is 8.99. The molecule has 0 saturated carbocycles. The summed E-state index contributed by atoms with van der Waals surface area (Å²) < 4.78 is 58.2. The standard InChI is InChI=1S/C32H29F3N6O4/c1-3-20-22(34)6-5-17-9-19(42)10-21(24(17)20)27-26(35)28-25-29(41(13-23(36)43)16(2)14-44-30(25)37-27)39-31(38-28)45-15-32-7-4-8-40(32)12-18(33)11-32/h1,5-6,9-10,16,18,42H,4,7-8,11-15H2,2H3,(H2,36,43)/t16-,18+,32-/m0/s1. The zero-order chi connectivity index (χ0) is 31.6. The molecule has 0 radical (unpaired) electrons. The van der Waals surface area contributed by atoms with Gasteiger partial charge in [-0.05, 0) is 49.9 Å². The van der Waals surface area contributed by atoms with Crippen LogP contribution in [0, 0.1) is 24.0 Å². The van der Waals surface area contributed by atoms with Crippen molar-refractivity contribution in [3.8, 4) is 41.2 Å². The number of phenolic OH excluding ortho intramolecular Hbond substituents is 1. The highest BCUT2D eigenvalue weighted by Gasteiger charge is 2.49. The summed E-state index contributed by atoms with van der Waals surface area (Å²) in [5.74, 6) is -0.123. The molecule has 0 unspecified atom stereocenters. The van der Waals surface area contributed by atoms with E-state index in [0.29, 0.717) is 18.4 Å². The van der Waals surface area contributed by atoms with E-state index in [0.717, 1.165) is 19.4 Å². The molecule has 10 nitrogen and oxygen atoms in total. The highest BCUT2D eigenvalue weighted by atomic mass is 19.1. The lowest BCUT2D eigenvalue weighted by molar-refractivity contribution is -0.116. The fourth-order valence-electron chi connectivity index (χ4n) is 6.96. The van der Waals surface area contributed by atoms with Gasteiger partial charge in [0.25, 0.3) is 0 Å². The molecule has 2 fully saturated rings. The Morgan fingerprint density at radius 1 is 1.27 bits per heavy atom.